The Morgan fingerprint density at radius 2 is 2.12 bits per heavy atom. The lowest BCUT2D eigenvalue weighted by molar-refractivity contribution is -0.138. The molecular weight excluding hydrogens is 334 g/mol. The van der Waals surface area contributed by atoms with Crippen LogP contribution in [0.2, 0.25) is 0 Å². The number of nitrogens with two attached hydrogens (primary N) is 1. The highest BCUT2D eigenvalue weighted by Crippen LogP contribution is 2.29. The number of aromatic hydroxyl groups is 2. The molecule has 1 aromatic carbocycles. The van der Waals surface area contributed by atoms with Crippen LogP contribution in [0.1, 0.15) is 30.0 Å². The number of aliphatic carboxylic acids is 1. The SMILES string of the molecule is CN1CCC[C@H]1c1cccnc1.N[C@@H](Cc1ccc(O)c(O)c1)C(=O)O. The zero-order valence-corrected chi connectivity index (χ0v) is 14.7. The second kappa shape index (κ2) is 9.17. The molecule has 26 heavy (non-hydrogen) atoms. The van der Waals surface area contributed by atoms with Crippen LogP contribution in [0.25, 0.3) is 0 Å². The topological polar surface area (TPSA) is 120 Å². The molecule has 0 unspecified atom stereocenters. The number of pyridine rings is 1. The molecule has 5 N–H and O–H groups in total. The summed E-state index contributed by atoms with van der Waals surface area (Å²) in [5.74, 6) is -1.62. The number of phenols is 2. The van der Waals surface area contributed by atoms with Gasteiger partial charge in [0.25, 0.3) is 0 Å². The summed E-state index contributed by atoms with van der Waals surface area (Å²) in [5.41, 5.74) is 7.22. The molecule has 0 spiro atoms. The van der Waals surface area contributed by atoms with Gasteiger partial charge in [0.05, 0.1) is 0 Å². The van der Waals surface area contributed by atoms with Crippen LogP contribution in [-0.4, -0.2) is 50.8 Å². The van der Waals surface area contributed by atoms with Crippen LogP contribution in [0.15, 0.2) is 42.7 Å². The van der Waals surface area contributed by atoms with Crippen LogP contribution < -0.4 is 5.73 Å². The molecule has 0 radical (unpaired) electrons. The van der Waals surface area contributed by atoms with Crippen LogP contribution in [0, 0.1) is 0 Å². The average molecular weight is 359 g/mol. The molecule has 140 valence electrons. The summed E-state index contributed by atoms with van der Waals surface area (Å²) in [6.07, 6.45) is 6.52. The van der Waals surface area contributed by atoms with Gasteiger partial charge in [-0.25, -0.2) is 0 Å². The van der Waals surface area contributed by atoms with E-state index in [1.54, 1.807) is 0 Å². The number of hydrogen-bond donors (Lipinski definition) is 4. The standard InChI is InChI=1S/C10H14N2.C9H11NO4/c1-12-7-3-5-10(12)9-4-2-6-11-8-9;10-6(9(13)14)3-5-1-2-7(11)8(12)4-5/h2,4,6,8,10H,3,5,7H2,1H3;1-2,4,6,11-12H,3,10H2,(H,13,14)/t10-;6-/m00/s1. The summed E-state index contributed by atoms with van der Waals surface area (Å²) in [6, 6.07) is 7.88. The van der Waals surface area contributed by atoms with Crippen molar-refractivity contribution in [3.05, 3.63) is 53.9 Å². The fourth-order valence-corrected chi connectivity index (χ4v) is 2.94. The lowest BCUT2D eigenvalue weighted by atomic mass is 10.1. The lowest BCUT2D eigenvalue weighted by Crippen LogP contribution is -2.32. The van der Waals surface area contributed by atoms with Crippen LogP contribution in [0.4, 0.5) is 0 Å². The maximum Gasteiger partial charge on any atom is 0.320 e. The van der Waals surface area contributed by atoms with E-state index in [1.807, 2.05) is 18.5 Å². The van der Waals surface area contributed by atoms with Crippen molar-refractivity contribution in [2.45, 2.75) is 31.3 Å². The quantitative estimate of drug-likeness (QED) is 0.615. The molecule has 1 saturated heterocycles. The molecule has 0 bridgehead atoms. The van der Waals surface area contributed by atoms with E-state index in [0.717, 1.165) is 0 Å². The normalized spacial score (nSPS) is 18.0. The number of aromatic nitrogens is 1. The van der Waals surface area contributed by atoms with Crippen molar-refractivity contribution in [3.63, 3.8) is 0 Å². The smallest absolute Gasteiger partial charge is 0.320 e. The van der Waals surface area contributed by atoms with Crippen molar-refractivity contribution in [1.82, 2.24) is 9.88 Å². The van der Waals surface area contributed by atoms with Crippen molar-refractivity contribution < 1.29 is 20.1 Å². The summed E-state index contributed by atoms with van der Waals surface area (Å²) < 4.78 is 0. The Morgan fingerprint density at radius 1 is 1.35 bits per heavy atom. The number of hydrogen-bond acceptors (Lipinski definition) is 6. The average Bonchev–Trinajstić information content (AvgIpc) is 3.05. The third-order valence-electron chi connectivity index (χ3n) is 4.40. The van der Waals surface area contributed by atoms with Gasteiger partial charge in [-0.15, -0.1) is 0 Å². The summed E-state index contributed by atoms with van der Waals surface area (Å²) in [6.45, 7) is 1.22. The van der Waals surface area contributed by atoms with Gasteiger partial charge in [0.2, 0.25) is 0 Å². The Morgan fingerprint density at radius 3 is 2.65 bits per heavy atom. The highest BCUT2D eigenvalue weighted by atomic mass is 16.4. The molecular formula is C19H25N3O4. The minimum absolute atomic E-state index is 0.114. The largest absolute Gasteiger partial charge is 0.504 e. The first-order valence-corrected chi connectivity index (χ1v) is 8.48. The second-order valence-electron chi connectivity index (χ2n) is 6.40. The van der Waals surface area contributed by atoms with E-state index >= 15 is 0 Å². The van der Waals surface area contributed by atoms with Gasteiger partial charge in [-0.3, -0.25) is 14.7 Å². The highest BCUT2D eigenvalue weighted by Gasteiger charge is 2.22. The molecule has 2 aromatic rings. The molecule has 7 nitrogen and oxygen atoms in total. The number of carbonyl (C=O) groups is 1. The number of carboxylic acids is 1. The third kappa shape index (κ3) is 5.44. The summed E-state index contributed by atoms with van der Waals surface area (Å²) in [4.78, 5) is 17.0. The zero-order chi connectivity index (χ0) is 19.1. The second-order valence-corrected chi connectivity index (χ2v) is 6.40. The van der Waals surface area contributed by atoms with E-state index < -0.39 is 12.0 Å². The number of rotatable bonds is 4. The van der Waals surface area contributed by atoms with Crippen molar-refractivity contribution in [1.29, 1.82) is 0 Å². The number of nitrogens with zero attached hydrogens (tertiary/aromatic N) is 2. The van der Waals surface area contributed by atoms with Crippen LogP contribution in [-0.2, 0) is 11.2 Å². The van der Waals surface area contributed by atoms with E-state index in [2.05, 4.69) is 23.0 Å². The van der Waals surface area contributed by atoms with Crippen LogP contribution in [0.5, 0.6) is 11.5 Å². The van der Waals surface area contributed by atoms with Gasteiger partial charge in [-0.2, -0.15) is 0 Å². The molecule has 7 heteroatoms. The Labute approximate surface area is 152 Å². The molecule has 1 aliphatic heterocycles. The highest BCUT2D eigenvalue weighted by molar-refractivity contribution is 5.73. The number of carboxylic acid groups (broad SMARTS) is 1. The molecule has 2 atom stereocenters. The first kappa shape index (κ1) is 19.7. The monoisotopic (exact) mass is 359 g/mol. The first-order valence-electron chi connectivity index (χ1n) is 8.48. The number of likely N-dealkylation sites (tertiary alicyclic amines) is 1. The predicted molar refractivity (Wildman–Crippen MR) is 97.9 cm³/mol. The van der Waals surface area contributed by atoms with Crippen molar-refractivity contribution in [2.75, 3.05) is 13.6 Å². The molecule has 0 amide bonds. The number of phenolic OH excluding ortho intramolecular Hbond substituents is 2. The van der Waals surface area contributed by atoms with Gasteiger partial charge < -0.3 is 21.1 Å². The summed E-state index contributed by atoms with van der Waals surface area (Å²) in [5, 5.41) is 26.6. The first-order chi connectivity index (χ1) is 12.4. The minimum Gasteiger partial charge on any atom is -0.504 e. The lowest BCUT2D eigenvalue weighted by Gasteiger charge is -2.18. The Kier molecular flexibility index (Phi) is 6.94. The Bertz CT molecular complexity index is 724. The van der Waals surface area contributed by atoms with E-state index in [9.17, 15) is 4.79 Å². The fraction of sp³-hybridized carbons (Fsp3) is 0.368. The van der Waals surface area contributed by atoms with E-state index in [1.165, 1.54) is 43.1 Å². The van der Waals surface area contributed by atoms with Crippen LogP contribution >= 0.6 is 0 Å². The van der Waals surface area contributed by atoms with Gasteiger partial charge in [-0.1, -0.05) is 12.1 Å². The number of benzene rings is 1. The molecule has 0 saturated carbocycles. The third-order valence-corrected chi connectivity index (χ3v) is 4.40. The minimum atomic E-state index is -1.10. The zero-order valence-electron chi connectivity index (χ0n) is 14.7. The predicted octanol–water partition coefficient (Wildman–Crippen LogP) is 1.90. The van der Waals surface area contributed by atoms with Crippen molar-refractivity contribution >= 4 is 5.97 Å². The maximum absolute atomic E-state index is 10.4. The van der Waals surface area contributed by atoms with Crippen molar-refractivity contribution in [3.8, 4) is 11.5 Å². The summed E-state index contributed by atoms with van der Waals surface area (Å²) >= 11 is 0. The summed E-state index contributed by atoms with van der Waals surface area (Å²) in [7, 11) is 2.19. The van der Waals surface area contributed by atoms with Gasteiger partial charge in [0.15, 0.2) is 11.5 Å². The van der Waals surface area contributed by atoms with Crippen LogP contribution in [0.3, 0.4) is 0 Å². The van der Waals surface area contributed by atoms with Gasteiger partial charge in [0, 0.05) is 18.4 Å². The van der Waals surface area contributed by atoms with E-state index in [4.69, 9.17) is 21.1 Å². The fourth-order valence-electron chi connectivity index (χ4n) is 2.94. The van der Waals surface area contributed by atoms with Gasteiger partial charge >= 0.3 is 5.97 Å². The van der Waals surface area contributed by atoms with E-state index in [-0.39, 0.29) is 17.9 Å². The maximum atomic E-state index is 10.4. The Hall–Kier alpha value is -2.64. The molecule has 1 fully saturated rings. The molecule has 1 aliphatic rings. The molecule has 3 rings (SSSR count). The van der Waals surface area contributed by atoms with E-state index in [0.29, 0.717) is 11.6 Å². The molecule has 2 heterocycles. The van der Waals surface area contributed by atoms with Crippen molar-refractivity contribution in [2.24, 2.45) is 5.73 Å². The molecule has 0 aliphatic carbocycles. The van der Waals surface area contributed by atoms with Gasteiger partial charge in [-0.05, 0) is 62.2 Å². The molecule has 1 aromatic heterocycles. The van der Waals surface area contributed by atoms with Gasteiger partial charge in [0.1, 0.15) is 6.04 Å². The Balaban J connectivity index is 0.000000189.